The van der Waals surface area contributed by atoms with Gasteiger partial charge in [-0.3, -0.25) is 4.79 Å². The Labute approximate surface area is 125 Å². The molecule has 2 rings (SSSR count). The number of aryl methyl sites for hydroxylation is 1. The van der Waals surface area contributed by atoms with Gasteiger partial charge < -0.3 is 5.32 Å². The summed E-state index contributed by atoms with van der Waals surface area (Å²) >= 11 is 9.20. The van der Waals surface area contributed by atoms with Crippen LogP contribution in [0, 0.1) is 6.92 Å². The Bertz CT molecular complexity index is 596. The van der Waals surface area contributed by atoms with E-state index >= 15 is 0 Å². The van der Waals surface area contributed by atoms with Crippen LogP contribution in [0.15, 0.2) is 46.9 Å². The van der Waals surface area contributed by atoms with Crippen molar-refractivity contribution in [3.05, 3.63) is 68.7 Å². The first-order valence-electron chi connectivity index (χ1n) is 5.85. The summed E-state index contributed by atoms with van der Waals surface area (Å²) in [7, 11) is 0. The highest BCUT2D eigenvalue weighted by atomic mass is 79.9. The third-order valence-corrected chi connectivity index (χ3v) is 3.54. The van der Waals surface area contributed by atoms with Crippen LogP contribution in [-0.4, -0.2) is 5.91 Å². The topological polar surface area (TPSA) is 29.1 Å². The molecule has 0 unspecified atom stereocenters. The quantitative estimate of drug-likeness (QED) is 0.886. The lowest BCUT2D eigenvalue weighted by atomic mass is 10.1. The zero-order chi connectivity index (χ0) is 13.8. The number of amides is 1. The second-order valence-electron chi connectivity index (χ2n) is 4.27. The first-order valence-corrected chi connectivity index (χ1v) is 7.02. The van der Waals surface area contributed by atoms with Gasteiger partial charge in [-0.25, -0.2) is 0 Å². The Morgan fingerprint density at radius 1 is 1.21 bits per heavy atom. The number of hydrogen-bond acceptors (Lipinski definition) is 1. The van der Waals surface area contributed by atoms with E-state index in [0.717, 1.165) is 15.6 Å². The summed E-state index contributed by atoms with van der Waals surface area (Å²) in [6.45, 7) is 2.41. The predicted octanol–water partition coefficient (Wildman–Crippen LogP) is 4.34. The van der Waals surface area contributed by atoms with Crippen LogP contribution in [0.2, 0.25) is 5.02 Å². The molecule has 0 aliphatic rings. The van der Waals surface area contributed by atoms with Crippen molar-refractivity contribution in [1.29, 1.82) is 0 Å². The SMILES string of the molecule is Cc1cc(Br)ccc1C(=O)NCc1ccc(Cl)cc1. The van der Waals surface area contributed by atoms with Crippen LogP contribution < -0.4 is 5.32 Å². The molecule has 0 aromatic heterocycles. The predicted molar refractivity (Wildman–Crippen MR) is 81.5 cm³/mol. The number of carbonyl (C=O) groups is 1. The van der Waals surface area contributed by atoms with E-state index in [-0.39, 0.29) is 5.91 Å². The zero-order valence-corrected chi connectivity index (χ0v) is 12.8. The third kappa shape index (κ3) is 3.82. The smallest absolute Gasteiger partial charge is 0.251 e. The molecule has 2 aromatic rings. The molecular formula is C15H13BrClNO. The minimum Gasteiger partial charge on any atom is -0.348 e. The second-order valence-corrected chi connectivity index (χ2v) is 5.62. The molecule has 2 nitrogen and oxygen atoms in total. The van der Waals surface area contributed by atoms with Crippen LogP contribution in [0.1, 0.15) is 21.5 Å². The van der Waals surface area contributed by atoms with Crippen molar-refractivity contribution in [3.63, 3.8) is 0 Å². The maximum absolute atomic E-state index is 12.1. The monoisotopic (exact) mass is 337 g/mol. The first kappa shape index (κ1) is 14.1. The van der Waals surface area contributed by atoms with E-state index in [1.54, 1.807) is 0 Å². The van der Waals surface area contributed by atoms with Crippen LogP contribution in [0.5, 0.6) is 0 Å². The fraction of sp³-hybridized carbons (Fsp3) is 0.133. The molecular weight excluding hydrogens is 326 g/mol. The van der Waals surface area contributed by atoms with Gasteiger partial charge in [0.15, 0.2) is 0 Å². The van der Waals surface area contributed by atoms with Crippen molar-refractivity contribution in [3.8, 4) is 0 Å². The molecule has 2 aromatic carbocycles. The summed E-state index contributed by atoms with van der Waals surface area (Å²) in [5, 5.41) is 3.59. The van der Waals surface area contributed by atoms with Crippen molar-refractivity contribution in [2.75, 3.05) is 0 Å². The molecule has 1 amide bonds. The highest BCUT2D eigenvalue weighted by molar-refractivity contribution is 9.10. The van der Waals surface area contributed by atoms with Crippen LogP contribution in [0.4, 0.5) is 0 Å². The Morgan fingerprint density at radius 3 is 2.53 bits per heavy atom. The van der Waals surface area contributed by atoms with Gasteiger partial charge in [-0.15, -0.1) is 0 Å². The average molecular weight is 339 g/mol. The average Bonchev–Trinajstić information content (AvgIpc) is 2.37. The summed E-state index contributed by atoms with van der Waals surface area (Å²) in [6.07, 6.45) is 0. The second kappa shape index (κ2) is 6.22. The van der Waals surface area contributed by atoms with Crippen LogP contribution >= 0.6 is 27.5 Å². The summed E-state index contributed by atoms with van der Waals surface area (Å²) in [5.74, 6) is -0.0695. The molecule has 0 aliphatic carbocycles. The molecule has 0 saturated heterocycles. The summed E-state index contributed by atoms with van der Waals surface area (Å²) in [6, 6.07) is 13.0. The molecule has 0 spiro atoms. The number of rotatable bonds is 3. The van der Waals surface area contributed by atoms with Crippen LogP contribution in [0.25, 0.3) is 0 Å². The van der Waals surface area contributed by atoms with E-state index in [2.05, 4.69) is 21.2 Å². The largest absolute Gasteiger partial charge is 0.348 e. The van der Waals surface area contributed by atoms with Crippen molar-refractivity contribution in [2.24, 2.45) is 0 Å². The van der Waals surface area contributed by atoms with Crippen LogP contribution in [0.3, 0.4) is 0 Å². The third-order valence-electron chi connectivity index (χ3n) is 2.80. The van der Waals surface area contributed by atoms with Gasteiger partial charge in [-0.1, -0.05) is 39.7 Å². The first-order chi connectivity index (χ1) is 9.06. The molecule has 0 heterocycles. The molecule has 19 heavy (non-hydrogen) atoms. The van der Waals surface area contributed by atoms with Crippen molar-refractivity contribution < 1.29 is 4.79 Å². The summed E-state index contributed by atoms with van der Waals surface area (Å²) in [5.41, 5.74) is 2.66. The molecule has 0 aliphatic heterocycles. The van der Waals surface area contributed by atoms with Crippen molar-refractivity contribution in [1.82, 2.24) is 5.32 Å². The highest BCUT2D eigenvalue weighted by Crippen LogP contribution is 2.16. The Morgan fingerprint density at radius 2 is 1.89 bits per heavy atom. The Hall–Kier alpha value is -1.32. The lowest BCUT2D eigenvalue weighted by Gasteiger charge is -2.08. The van der Waals surface area contributed by atoms with Gasteiger partial charge in [0.2, 0.25) is 0 Å². The van der Waals surface area contributed by atoms with Crippen LogP contribution in [-0.2, 0) is 6.54 Å². The summed E-state index contributed by atoms with van der Waals surface area (Å²) < 4.78 is 0.972. The number of nitrogens with one attached hydrogen (secondary N) is 1. The highest BCUT2D eigenvalue weighted by Gasteiger charge is 2.08. The van der Waals surface area contributed by atoms with E-state index in [0.29, 0.717) is 17.1 Å². The van der Waals surface area contributed by atoms with Gasteiger partial charge in [0.25, 0.3) is 5.91 Å². The van der Waals surface area contributed by atoms with Gasteiger partial charge in [-0.05, 0) is 48.4 Å². The standard InChI is InChI=1S/C15H13BrClNO/c1-10-8-12(16)4-7-14(10)15(19)18-9-11-2-5-13(17)6-3-11/h2-8H,9H2,1H3,(H,18,19). The molecule has 98 valence electrons. The molecule has 0 bridgehead atoms. The molecule has 1 N–H and O–H groups in total. The zero-order valence-electron chi connectivity index (χ0n) is 10.4. The summed E-state index contributed by atoms with van der Waals surface area (Å²) in [4.78, 5) is 12.1. The maximum Gasteiger partial charge on any atom is 0.251 e. The van der Waals surface area contributed by atoms with Gasteiger partial charge in [0.1, 0.15) is 0 Å². The van der Waals surface area contributed by atoms with E-state index in [1.165, 1.54) is 0 Å². The van der Waals surface area contributed by atoms with Gasteiger partial charge in [0, 0.05) is 21.6 Å². The molecule has 0 fully saturated rings. The molecule has 4 heteroatoms. The van der Waals surface area contributed by atoms with Crippen molar-refractivity contribution >= 4 is 33.4 Å². The number of carbonyl (C=O) groups excluding carboxylic acids is 1. The van der Waals surface area contributed by atoms with E-state index in [1.807, 2.05) is 49.4 Å². The molecule has 0 radical (unpaired) electrons. The number of halogens is 2. The Kier molecular flexibility index (Phi) is 4.61. The van der Waals surface area contributed by atoms with Crippen molar-refractivity contribution in [2.45, 2.75) is 13.5 Å². The normalized spacial score (nSPS) is 10.3. The Balaban J connectivity index is 2.03. The minimum atomic E-state index is -0.0695. The number of hydrogen-bond donors (Lipinski definition) is 1. The van der Waals surface area contributed by atoms with E-state index in [9.17, 15) is 4.79 Å². The van der Waals surface area contributed by atoms with Gasteiger partial charge >= 0.3 is 0 Å². The fourth-order valence-electron chi connectivity index (χ4n) is 1.76. The fourth-order valence-corrected chi connectivity index (χ4v) is 2.36. The minimum absolute atomic E-state index is 0.0695. The van der Waals surface area contributed by atoms with E-state index in [4.69, 9.17) is 11.6 Å². The molecule has 0 atom stereocenters. The maximum atomic E-state index is 12.1. The van der Waals surface area contributed by atoms with Gasteiger partial charge in [0.05, 0.1) is 0 Å². The lowest BCUT2D eigenvalue weighted by molar-refractivity contribution is 0.0950. The van der Waals surface area contributed by atoms with E-state index < -0.39 is 0 Å². The van der Waals surface area contributed by atoms with Gasteiger partial charge in [-0.2, -0.15) is 0 Å². The number of benzene rings is 2. The molecule has 0 saturated carbocycles. The lowest BCUT2D eigenvalue weighted by Crippen LogP contribution is -2.23.